The number of carbonyl (C=O) groups excluding carboxylic acids is 1. The van der Waals surface area contributed by atoms with Crippen molar-refractivity contribution in [3.05, 3.63) is 66.3 Å². The summed E-state index contributed by atoms with van der Waals surface area (Å²) in [6.45, 7) is 4.15. The van der Waals surface area contributed by atoms with Crippen LogP contribution in [0.1, 0.15) is 32.3 Å². The molecule has 0 saturated heterocycles. The van der Waals surface area contributed by atoms with Gasteiger partial charge < -0.3 is 16.8 Å². The molecule has 0 aliphatic rings. The van der Waals surface area contributed by atoms with E-state index in [0.29, 0.717) is 17.2 Å². The number of hydrogen-bond acceptors (Lipinski definition) is 6. The summed E-state index contributed by atoms with van der Waals surface area (Å²) < 4.78 is 0. The summed E-state index contributed by atoms with van der Waals surface area (Å²) in [6.07, 6.45) is 12.8. The monoisotopic (exact) mass is 402 g/mol. The Kier molecular flexibility index (Phi) is 6.75. The molecule has 3 aromatic rings. The first-order valence-corrected chi connectivity index (χ1v) is 9.96. The van der Waals surface area contributed by atoms with Gasteiger partial charge in [0.05, 0.1) is 11.3 Å². The van der Waals surface area contributed by atoms with Crippen molar-refractivity contribution in [2.45, 2.75) is 33.1 Å². The fourth-order valence-corrected chi connectivity index (χ4v) is 3.11. The van der Waals surface area contributed by atoms with Gasteiger partial charge in [-0.15, -0.1) is 0 Å². The van der Waals surface area contributed by atoms with Gasteiger partial charge in [-0.1, -0.05) is 32.4 Å². The van der Waals surface area contributed by atoms with Gasteiger partial charge in [0.1, 0.15) is 11.6 Å². The van der Waals surface area contributed by atoms with Gasteiger partial charge in [-0.05, 0) is 42.0 Å². The second-order valence-electron chi connectivity index (χ2n) is 6.84. The molecule has 3 aromatic heterocycles. The van der Waals surface area contributed by atoms with E-state index in [0.717, 1.165) is 46.9 Å². The molecule has 0 radical (unpaired) electrons. The molecule has 5 N–H and O–H groups in total. The van der Waals surface area contributed by atoms with E-state index in [9.17, 15) is 4.79 Å². The Hall–Kier alpha value is -3.74. The predicted octanol–water partition coefficient (Wildman–Crippen LogP) is 3.97. The highest BCUT2D eigenvalue weighted by Crippen LogP contribution is 2.29. The Morgan fingerprint density at radius 3 is 2.80 bits per heavy atom. The van der Waals surface area contributed by atoms with Crippen molar-refractivity contribution in [1.29, 1.82) is 0 Å². The quantitative estimate of drug-likeness (QED) is 0.406. The smallest absolute Gasteiger partial charge is 0.258 e. The van der Waals surface area contributed by atoms with Crippen molar-refractivity contribution < 1.29 is 4.79 Å². The first-order chi connectivity index (χ1) is 14.6. The number of rotatable bonds is 7. The van der Waals surface area contributed by atoms with Crippen molar-refractivity contribution in [3.63, 3.8) is 0 Å². The van der Waals surface area contributed by atoms with Crippen molar-refractivity contribution in [2.24, 2.45) is 5.73 Å². The average Bonchev–Trinajstić information content (AvgIpc) is 2.76. The van der Waals surface area contributed by atoms with E-state index in [1.807, 2.05) is 18.2 Å². The molecular formula is C23H26N6O. The predicted molar refractivity (Wildman–Crippen MR) is 122 cm³/mol. The highest BCUT2D eigenvalue weighted by atomic mass is 16.1. The number of nitrogens with zero attached hydrogens (tertiary/aromatic N) is 3. The van der Waals surface area contributed by atoms with Gasteiger partial charge in [-0.3, -0.25) is 9.78 Å². The van der Waals surface area contributed by atoms with Gasteiger partial charge in [0.25, 0.3) is 5.91 Å². The number of carbonyl (C=O) groups is 1. The van der Waals surface area contributed by atoms with Gasteiger partial charge in [0.2, 0.25) is 0 Å². The maximum absolute atomic E-state index is 12.5. The molecule has 0 bridgehead atoms. The number of nitrogens with one attached hydrogen (secondary N) is 1. The van der Waals surface area contributed by atoms with E-state index in [-0.39, 0.29) is 5.91 Å². The number of aromatic nitrogens is 3. The zero-order valence-corrected chi connectivity index (χ0v) is 17.2. The first kappa shape index (κ1) is 21.0. The van der Waals surface area contributed by atoms with Gasteiger partial charge in [-0.25, -0.2) is 9.97 Å². The largest absolute Gasteiger partial charge is 0.404 e. The molecule has 0 atom stereocenters. The van der Waals surface area contributed by atoms with Crippen LogP contribution in [0.4, 0.5) is 11.6 Å². The summed E-state index contributed by atoms with van der Waals surface area (Å²) in [7, 11) is 0. The third-order valence-electron chi connectivity index (χ3n) is 4.75. The minimum atomic E-state index is -0.320. The third kappa shape index (κ3) is 4.63. The van der Waals surface area contributed by atoms with Gasteiger partial charge in [0.15, 0.2) is 0 Å². The number of pyridine rings is 3. The summed E-state index contributed by atoms with van der Waals surface area (Å²) in [5.74, 6) is 0.470. The normalized spacial score (nSPS) is 11.9. The Labute approximate surface area is 175 Å². The molecule has 1 amide bonds. The van der Waals surface area contributed by atoms with Crippen LogP contribution in [0.2, 0.25) is 0 Å². The fourth-order valence-electron chi connectivity index (χ4n) is 3.11. The number of amides is 1. The van der Waals surface area contributed by atoms with Crippen LogP contribution in [0.3, 0.4) is 0 Å². The van der Waals surface area contributed by atoms with Crippen molar-refractivity contribution in [3.8, 4) is 11.3 Å². The molecule has 0 saturated carbocycles. The van der Waals surface area contributed by atoms with Crippen LogP contribution in [0, 0.1) is 0 Å². The standard InChI is InChI=1S/C23H26N6O/c1-3-5-6-7-16(12-24)23(30)29-21-11-17-10-20(28-22(25)19(17)14-27-21)18-13-26-9-8-15(18)4-2/h6-14H,3-5,24H2,1-2H3,(H2,25,28)(H,27,29,30)/b7-6-,16-12+. The van der Waals surface area contributed by atoms with E-state index in [2.05, 4.69) is 34.1 Å². The molecule has 0 aromatic carbocycles. The number of hydrogen-bond donors (Lipinski definition) is 3. The lowest BCUT2D eigenvalue weighted by Gasteiger charge is -2.11. The topological polar surface area (TPSA) is 120 Å². The second kappa shape index (κ2) is 9.65. The van der Waals surface area contributed by atoms with Gasteiger partial charge in [-0.2, -0.15) is 0 Å². The number of nitrogens with two attached hydrogens (primary N) is 2. The lowest BCUT2D eigenvalue weighted by molar-refractivity contribution is -0.112. The SMILES string of the molecule is CCC/C=C\C(=C/N)C(=O)Nc1cc2cc(-c3cnccc3CC)nc(N)c2cn1. The highest BCUT2D eigenvalue weighted by Gasteiger charge is 2.12. The van der Waals surface area contributed by atoms with E-state index in [1.165, 1.54) is 6.20 Å². The minimum Gasteiger partial charge on any atom is -0.404 e. The zero-order valence-electron chi connectivity index (χ0n) is 17.2. The molecule has 0 fully saturated rings. The maximum Gasteiger partial charge on any atom is 0.258 e. The van der Waals surface area contributed by atoms with Crippen LogP contribution >= 0.6 is 0 Å². The second-order valence-corrected chi connectivity index (χ2v) is 6.84. The lowest BCUT2D eigenvalue weighted by Crippen LogP contribution is -2.15. The maximum atomic E-state index is 12.5. The van der Waals surface area contributed by atoms with Crippen LogP contribution in [0.15, 0.2) is 60.7 Å². The molecule has 7 heteroatoms. The van der Waals surface area contributed by atoms with Crippen LogP contribution in [-0.4, -0.2) is 20.9 Å². The molecule has 30 heavy (non-hydrogen) atoms. The Balaban J connectivity index is 1.94. The zero-order chi connectivity index (χ0) is 21.5. The fraction of sp³-hybridized carbons (Fsp3) is 0.217. The number of unbranched alkanes of at least 4 members (excludes halogenated alkanes) is 1. The molecule has 0 aliphatic carbocycles. The van der Waals surface area contributed by atoms with Crippen molar-refractivity contribution >= 4 is 28.3 Å². The molecule has 0 aliphatic heterocycles. The number of nitrogen functional groups attached to an aromatic ring is 1. The van der Waals surface area contributed by atoms with E-state index < -0.39 is 0 Å². The Bertz CT molecular complexity index is 1120. The first-order valence-electron chi connectivity index (χ1n) is 9.96. The molecular weight excluding hydrogens is 376 g/mol. The van der Waals surface area contributed by atoms with E-state index in [1.54, 1.807) is 30.7 Å². The van der Waals surface area contributed by atoms with Crippen LogP contribution in [-0.2, 0) is 11.2 Å². The molecule has 154 valence electrons. The number of aryl methyl sites for hydroxylation is 1. The summed E-state index contributed by atoms with van der Waals surface area (Å²) >= 11 is 0. The lowest BCUT2D eigenvalue weighted by atomic mass is 10.0. The molecule has 0 unspecified atom stereocenters. The third-order valence-corrected chi connectivity index (χ3v) is 4.75. The van der Waals surface area contributed by atoms with Crippen molar-refractivity contribution in [1.82, 2.24) is 15.0 Å². The molecule has 0 spiro atoms. The summed E-state index contributed by atoms with van der Waals surface area (Å²) in [5, 5.41) is 4.34. The summed E-state index contributed by atoms with van der Waals surface area (Å²) in [5.41, 5.74) is 15.0. The van der Waals surface area contributed by atoms with Crippen LogP contribution in [0.25, 0.3) is 22.0 Å². The van der Waals surface area contributed by atoms with Gasteiger partial charge >= 0.3 is 0 Å². The van der Waals surface area contributed by atoms with Crippen LogP contribution in [0.5, 0.6) is 0 Å². The number of anilines is 2. The Morgan fingerprint density at radius 2 is 2.07 bits per heavy atom. The van der Waals surface area contributed by atoms with Crippen molar-refractivity contribution in [2.75, 3.05) is 11.1 Å². The molecule has 3 heterocycles. The average molecular weight is 403 g/mol. The number of fused-ring (bicyclic) bond motifs is 1. The Morgan fingerprint density at radius 1 is 1.23 bits per heavy atom. The minimum absolute atomic E-state index is 0.320. The van der Waals surface area contributed by atoms with Crippen LogP contribution < -0.4 is 16.8 Å². The van der Waals surface area contributed by atoms with E-state index >= 15 is 0 Å². The summed E-state index contributed by atoms with van der Waals surface area (Å²) in [4.78, 5) is 25.6. The summed E-state index contributed by atoms with van der Waals surface area (Å²) in [6, 6.07) is 5.68. The van der Waals surface area contributed by atoms with Gasteiger partial charge in [0, 0.05) is 35.7 Å². The highest BCUT2D eigenvalue weighted by molar-refractivity contribution is 6.06. The molecule has 3 rings (SSSR count). The van der Waals surface area contributed by atoms with E-state index in [4.69, 9.17) is 11.5 Å². The molecule has 7 nitrogen and oxygen atoms in total. The number of allylic oxidation sites excluding steroid dienone is 1.